The first kappa shape index (κ1) is 12.6. The molecule has 18 heavy (non-hydrogen) atoms. The van der Waals surface area contributed by atoms with Crippen molar-refractivity contribution < 1.29 is 9.53 Å². The van der Waals surface area contributed by atoms with Crippen LogP contribution < -0.4 is 4.74 Å². The maximum atomic E-state index is 12.0. The van der Waals surface area contributed by atoms with Crippen molar-refractivity contribution in [3.8, 4) is 5.88 Å². The molecular weight excluding hydrogens is 250 g/mol. The molecule has 0 aliphatic heterocycles. The molecule has 1 aromatic heterocycles. The predicted octanol–water partition coefficient (Wildman–Crippen LogP) is 3.17. The quantitative estimate of drug-likeness (QED) is 0.794. The number of ether oxygens (including phenoxy) is 1. The standard InChI is InChI=1S/C14H12ClNO2/c1-18-14-6-5-10(9-16-14)7-13(17)11-3-2-4-12(15)8-11/h2-6,8-9H,7H2,1H3. The molecule has 0 fully saturated rings. The van der Waals surface area contributed by atoms with Crippen molar-refractivity contribution in [3.05, 3.63) is 58.7 Å². The van der Waals surface area contributed by atoms with Crippen LogP contribution in [0.1, 0.15) is 15.9 Å². The fourth-order valence-corrected chi connectivity index (χ4v) is 1.78. The normalized spacial score (nSPS) is 10.1. The summed E-state index contributed by atoms with van der Waals surface area (Å²) in [5, 5.41) is 0.564. The van der Waals surface area contributed by atoms with Gasteiger partial charge in [0, 0.05) is 29.3 Å². The van der Waals surface area contributed by atoms with Gasteiger partial charge < -0.3 is 4.74 Å². The number of carbonyl (C=O) groups is 1. The molecule has 0 amide bonds. The van der Waals surface area contributed by atoms with E-state index in [1.807, 2.05) is 6.07 Å². The van der Waals surface area contributed by atoms with Crippen LogP contribution in [0.4, 0.5) is 0 Å². The number of hydrogen-bond donors (Lipinski definition) is 0. The summed E-state index contributed by atoms with van der Waals surface area (Å²) in [6.07, 6.45) is 1.94. The number of carbonyl (C=O) groups excluding carboxylic acids is 1. The number of hydrogen-bond acceptors (Lipinski definition) is 3. The zero-order valence-electron chi connectivity index (χ0n) is 9.89. The Morgan fingerprint density at radius 2 is 2.17 bits per heavy atom. The van der Waals surface area contributed by atoms with Crippen molar-refractivity contribution in [1.82, 2.24) is 4.98 Å². The third kappa shape index (κ3) is 3.08. The fourth-order valence-electron chi connectivity index (χ4n) is 1.59. The van der Waals surface area contributed by atoms with Crippen molar-refractivity contribution in [2.24, 2.45) is 0 Å². The first-order valence-corrected chi connectivity index (χ1v) is 5.84. The summed E-state index contributed by atoms with van der Waals surface area (Å²) in [6, 6.07) is 10.5. The van der Waals surface area contributed by atoms with Crippen LogP contribution in [0.2, 0.25) is 5.02 Å². The number of benzene rings is 1. The molecule has 0 spiro atoms. The zero-order valence-corrected chi connectivity index (χ0v) is 10.6. The highest BCUT2D eigenvalue weighted by atomic mass is 35.5. The van der Waals surface area contributed by atoms with Crippen LogP contribution in [0, 0.1) is 0 Å². The molecule has 1 aromatic carbocycles. The van der Waals surface area contributed by atoms with Gasteiger partial charge in [0.15, 0.2) is 5.78 Å². The van der Waals surface area contributed by atoms with E-state index in [1.165, 1.54) is 0 Å². The molecule has 0 saturated heterocycles. The van der Waals surface area contributed by atoms with Crippen LogP contribution in [0.3, 0.4) is 0 Å². The highest BCUT2D eigenvalue weighted by Crippen LogP contribution is 2.14. The van der Waals surface area contributed by atoms with Gasteiger partial charge in [-0.2, -0.15) is 0 Å². The molecule has 0 bridgehead atoms. The minimum atomic E-state index is 0.0180. The van der Waals surface area contributed by atoms with Gasteiger partial charge in [-0.05, 0) is 17.7 Å². The molecule has 0 radical (unpaired) electrons. The Bertz CT molecular complexity index is 552. The number of ketones is 1. The Labute approximate surface area is 110 Å². The summed E-state index contributed by atoms with van der Waals surface area (Å²) in [5.41, 5.74) is 1.46. The molecule has 0 aliphatic rings. The largest absolute Gasteiger partial charge is 0.481 e. The number of aromatic nitrogens is 1. The van der Waals surface area contributed by atoms with Crippen LogP contribution in [0.25, 0.3) is 0 Å². The van der Waals surface area contributed by atoms with Crippen molar-refractivity contribution >= 4 is 17.4 Å². The molecule has 2 rings (SSSR count). The highest BCUT2D eigenvalue weighted by molar-refractivity contribution is 6.31. The smallest absolute Gasteiger partial charge is 0.212 e. The van der Waals surface area contributed by atoms with Gasteiger partial charge >= 0.3 is 0 Å². The first-order chi connectivity index (χ1) is 8.69. The molecule has 0 atom stereocenters. The predicted molar refractivity (Wildman–Crippen MR) is 70.3 cm³/mol. The monoisotopic (exact) mass is 261 g/mol. The zero-order chi connectivity index (χ0) is 13.0. The summed E-state index contributed by atoms with van der Waals surface area (Å²) in [4.78, 5) is 16.1. The molecule has 3 nitrogen and oxygen atoms in total. The summed E-state index contributed by atoms with van der Waals surface area (Å²) < 4.78 is 4.96. The molecule has 0 unspecified atom stereocenters. The second kappa shape index (κ2) is 5.65. The molecule has 1 heterocycles. The Morgan fingerprint density at radius 1 is 1.33 bits per heavy atom. The highest BCUT2D eigenvalue weighted by Gasteiger charge is 2.07. The molecule has 92 valence electrons. The van der Waals surface area contributed by atoms with E-state index in [0.29, 0.717) is 22.9 Å². The maximum absolute atomic E-state index is 12.0. The van der Waals surface area contributed by atoms with Gasteiger partial charge in [0.05, 0.1) is 7.11 Å². The van der Waals surface area contributed by atoms with Crippen LogP contribution in [0.5, 0.6) is 5.88 Å². The van der Waals surface area contributed by atoms with Gasteiger partial charge in [0.25, 0.3) is 0 Å². The van der Waals surface area contributed by atoms with Gasteiger partial charge in [-0.15, -0.1) is 0 Å². The number of Topliss-reactive ketones (excluding diaryl/α,β-unsaturated/α-hetero) is 1. The van der Waals surface area contributed by atoms with Gasteiger partial charge in [-0.3, -0.25) is 4.79 Å². The van der Waals surface area contributed by atoms with Crippen molar-refractivity contribution in [1.29, 1.82) is 0 Å². The van der Waals surface area contributed by atoms with E-state index in [1.54, 1.807) is 43.6 Å². The molecule has 0 N–H and O–H groups in total. The Kier molecular flexibility index (Phi) is 3.95. The van der Waals surface area contributed by atoms with E-state index >= 15 is 0 Å². The Hall–Kier alpha value is -1.87. The second-order valence-electron chi connectivity index (χ2n) is 3.82. The lowest BCUT2D eigenvalue weighted by molar-refractivity contribution is 0.0993. The Morgan fingerprint density at radius 3 is 2.78 bits per heavy atom. The topological polar surface area (TPSA) is 39.2 Å². The lowest BCUT2D eigenvalue weighted by Crippen LogP contribution is -2.03. The third-order valence-electron chi connectivity index (χ3n) is 2.52. The summed E-state index contributed by atoms with van der Waals surface area (Å²) in [7, 11) is 1.55. The van der Waals surface area contributed by atoms with E-state index in [4.69, 9.17) is 16.3 Å². The van der Waals surface area contributed by atoms with Crippen molar-refractivity contribution in [2.75, 3.05) is 7.11 Å². The van der Waals surface area contributed by atoms with Gasteiger partial charge in [0.1, 0.15) is 0 Å². The molecule has 0 aliphatic carbocycles. The first-order valence-electron chi connectivity index (χ1n) is 5.47. The summed E-state index contributed by atoms with van der Waals surface area (Å²) in [6.45, 7) is 0. The van der Waals surface area contributed by atoms with Gasteiger partial charge in [-0.25, -0.2) is 4.98 Å². The van der Waals surface area contributed by atoms with E-state index < -0.39 is 0 Å². The Balaban J connectivity index is 2.11. The average Bonchev–Trinajstić information content (AvgIpc) is 2.39. The van der Waals surface area contributed by atoms with E-state index in [9.17, 15) is 4.79 Å². The minimum Gasteiger partial charge on any atom is -0.481 e. The SMILES string of the molecule is COc1ccc(CC(=O)c2cccc(Cl)c2)cn1. The maximum Gasteiger partial charge on any atom is 0.212 e. The van der Waals surface area contributed by atoms with Crippen LogP contribution in [-0.4, -0.2) is 17.9 Å². The average molecular weight is 262 g/mol. The van der Waals surface area contributed by atoms with Gasteiger partial charge in [0.2, 0.25) is 5.88 Å². The molecule has 0 saturated carbocycles. The third-order valence-corrected chi connectivity index (χ3v) is 2.75. The number of nitrogens with zero attached hydrogens (tertiary/aromatic N) is 1. The molecule has 4 heteroatoms. The number of halogens is 1. The number of methoxy groups -OCH3 is 1. The van der Waals surface area contributed by atoms with Crippen molar-refractivity contribution in [3.63, 3.8) is 0 Å². The molecular formula is C14H12ClNO2. The number of rotatable bonds is 4. The fraction of sp³-hybridized carbons (Fsp3) is 0.143. The van der Waals surface area contributed by atoms with E-state index in [0.717, 1.165) is 5.56 Å². The lowest BCUT2D eigenvalue weighted by atomic mass is 10.0. The van der Waals surface area contributed by atoms with Crippen LogP contribution in [-0.2, 0) is 6.42 Å². The van der Waals surface area contributed by atoms with E-state index in [2.05, 4.69) is 4.98 Å². The molecule has 2 aromatic rings. The summed E-state index contributed by atoms with van der Waals surface area (Å²) in [5.74, 6) is 0.554. The summed E-state index contributed by atoms with van der Waals surface area (Å²) >= 11 is 5.85. The van der Waals surface area contributed by atoms with Gasteiger partial charge in [-0.1, -0.05) is 29.8 Å². The van der Waals surface area contributed by atoms with Crippen LogP contribution in [0.15, 0.2) is 42.6 Å². The minimum absolute atomic E-state index is 0.0180. The number of pyridine rings is 1. The van der Waals surface area contributed by atoms with E-state index in [-0.39, 0.29) is 5.78 Å². The second-order valence-corrected chi connectivity index (χ2v) is 4.26. The van der Waals surface area contributed by atoms with Crippen LogP contribution >= 0.6 is 11.6 Å². The lowest BCUT2D eigenvalue weighted by Gasteiger charge is -2.03. The van der Waals surface area contributed by atoms with Crippen molar-refractivity contribution in [2.45, 2.75) is 6.42 Å².